The number of hydrogen-bond donors (Lipinski definition) is 0. The lowest BCUT2D eigenvalue weighted by Gasteiger charge is -2.09. The van der Waals surface area contributed by atoms with Crippen molar-refractivity contribution in [3.8, 4) is 11.5 Å². The number of hydrogen-bond acceptors (Lipinski definition) is 5. The van der Waals surface area contributed by atoms with Gasteiger partial charge in [-0.15, -0.1) is 0 Å². The largest absolute Gasteiger partial charge is 0.497 e. The second-order valence-electron chi connectivity index (χ2n) is 4.87. The van der Waals surface area contributed by atoms with Gasteiger partial charge in [0, 0.05) is 24.2 Å². The highest BCUT2D eigenvalue weighted by atomic mass is 35.5. The molecule has 122 valence electrons. The summed E-state index contributed by atoms with van der Waals surface area (Å²) >= 11 is 5.70. The van der Waals surface area contributed by atoms with Gasteiger partial charge in [0.2, 0.25) is 0 Å². The van der Waals surface area contributed by atoms with Crippen LogP contribution in [0.2, 0.25) is 5.15 Å². The van der Waals surface area contributed by atoms with Gasteiger partial charge in [-0.25, -0.2) is 4.98 Å². The summed E-state index contributed by atoms with van der Waals surface area (Å²) in [4.78, 5) is 15.8. The SMILES string of the molecule is COc1cc(CCC(=O)OCc2ccc(Cl)nc2)cc(OC)c1. The van der Waals surface area contributed by atoms with E-state index in [0.717, 1.165) is 11.1 Å². The van der Waals surface area contributed by atoms with E-state index in [1.54, 1.807) is 38.6 Å². The van der Waals surface area contributed by atoms with Crippen molar-refractivity contribution in [2.24, 2.45) is 0 Å². The molecule has 0 unspecified atom stereocenters. The van der Waals surface area contributed by atoms with Crippen LogP contribution in [0.4, 0.5) is 0 Å². The van der Waals surface area contributed by atoms with Gasteiger partial charge in [0.15, 0.2) is 0 Å². The van der Waals surface area contributed by atoms with Crippen molar-refractivity contribution in [3.63, 3.8) is 0 Å². The number of esters is 1. The molecule has 0 fully saturated rings. The number of rotatable bonds is 7. The number of ether oxygens (including phenoxy) is 3. The molecule has 0 aliphatic rings. The minimum Gasteiger partial charge on any atom is -0.497 e. The summed E-state index contributed by atoms with van der Waals surface area (Å²) in [5.41, 5.74) is 1.75. The summed E-state index contributed by atoms with van der Waals surface area (Å²) in [5.74, 6) is 1.11. The van der Waals surface area contributed by atoms with Crippen molar-refractivity contribution in [2.75, 3.05) is 14.2 Å². The molecule has 6 heteroatoms. The van der Waals surface area contributed by atoms with Crippen molar-refractivity contribution in [1.29, 1.82) is 0 Å². The third kappa shape index (κ3) is 5.45. The van der Waals surface area contributed by atoms with E-state index in [4.69, 9.17) is 25.8 Å². The van der Waals surface area contributed by atoms with Gasteiger partial charge in [-0.2, -0.15) is 0 Å². The van der Waals surface area contributed by atoms with Crippen molar-refractivity contribution < 1.29 is 19.0 Å². The van der Waals surface area contributed by atoms with Crippen molar-refractivity contribution in [1.82, 2.24) is 4.98 Å². The molecule has 0 amide bonds. The fourth-order valence-corrected chi connectivity index (χ4v) is 2.10. The lowest BCUT2D eigenvalue weighted by molar-refractivity contribution is -0.144. The minimum atomic E-state index is -0.276. The van der Waals surface area contributed by atoms with E-state index in [2.05, 4.69) is 4.98 Å². The quantitative estimate of drug-likeness (QED) is 0.573. The Hall–Kier alpha value is -2.27. The first-order valence-corrected chi connectivity index (χ1v) is 7.46. The van der Waals surface area contributed by atoms with Crippen LogP contribution in [0.15, 0.2) is 36.5 Å². The molecule has 23 heavy (non-hydrogen) atoms. The van der Waals surface area contributed by atoms with Crippen LogP contribution in [0.25, 0.3) is 0 Å². The normalized spacial score (nSPS) is 10.2. The molecule has 0 saturated heterocycles. The standard InChI is InChI=1S/C17H18ClNO4/c1-21-14-7-12(8-15(9-14)22-2)4-6-17(20)23-11-13-3-5-16(18)19-10-13/h3,5,7-10H,4,6,11H2,1-2H3. The number of benzene rings is 1. The highest BCUT2D eigenvalue weighted by molar-refractivity contribution is 6.29. The van der Waals surface area contributed by atoms with E-state index in [-0.39, 0.29) is 19.0 Å². The number of pyridine rings is 1. The average Bonchev–Trinajstić information content (AvgIpc) is 2.59. The van der Waals surface area contributed by atoms with E-state index in [1.807, 2.05) is 12.1 Å². The van der Waals surface area contributed by atoms with Crippen LogP contribution < -0.4 is 9.47 Å². The zero-order valence-electron chi connectivity index (χ0n) is 13.0. The van der Waals surface area contributed by atoms with Gasteiger partial charge in [-0.3, -0.25) is 4.79 Å². The number of nitrogens with zero attached hydrogens (tertiary/aromatic N) is 1. The summed E-state index contributed by atoms with van der Waals surface area (Å²) < 4.78 is 15.6. The van der Waals surface area contributed by atoms with Crippen molar-refractivity contribution in [3.05, 3.63) is 52.8 Å². The Morgan fingerprint density at radius 2 is 1.78 bits per heavy atom. The van der Waals surface area contributed by atoms with Gasteiger partial charge in [-0.05, 0) is 30.2 Å². The molecule has 0 aliphatic heterocycles. The van der Waals surface area contributed by atoms with Gasteiger partial charge in [-0.1, -0.05) is 17.7 Å². The summed E-state index contributed by atoms with van der Waals surface area (Å²) in [5, 5.41) is 0.409. The summed E-state index contributed by atoms with van der Waals surface area (Å²) in [6.45, 7) is 0.185. The molecule has 0 atom stereocenters. The summed E-state index contributed by atoms with van der Waals surface area (Å²) in [6, 6.07) is 8.97. The maximum Gasteiger partial charge on any atom is 0.306 e. The molecule has 1 aromatic heterocycles. The second kappa shape index (κ2) is 8.39. The molecule has 2 aromatic rings. The molecule has 0 bridgehead atoms. The Bertz CT molecular complexity index is 636. The molecule has 1 aromatic carbocycles. The fourth-order valence-electron chi connectivity index (χ4n) is 1.98. The van der Waals surface area contributed by atoms with E-state index in [9.17, 15) is 4.79 Å². The molecule has 0 aliphatic carbocycles. The highest BCUT2D eigenvalue weighted by Crippen LogP contribution is 2.23. The Labute approximate surface area is 140 Å². The van der Waals surface area contributed by atoms with Crippen molar-refractivity contribution >= 4 is 17.6 Å². The second-order valence-corrected chi connectivity index (χ2v) is 5.26. The van der Waals surface area contributed by atoms with Gasteiger partial charge < -0.3 is 14.2 Å². The van der Waals surface area contributed by atoms with Gasteiger partial charge in [0.05, 0.1) is 14.2 Å². The number of carbonyl (C=O) groups excluding carboxylic acids is 1. The van der Waals surface area contributed by atoms with E-state index < -0.39 is 0 Å². The van der Waals surface area contributed by atoms with Crippen LogP contribution >= 0.6 is 11.6 Å². The van der Waals surface area contributed by atoms with E-state index >= 15 is 0 Å². The van der Waals surface area contributed by atoms with Crippen LogP contribution in [-0.2, 0) is 22.6 Å². The zero-order valence-corrected chi connectivity index (χ0v) is 13.8. The summed E-state index contributed by atoms with van der Waals surface area (Å²) in [7, 11) is 3.18. The predicted molar refractivity (Wildman–Crippen MR) is 86.9 cm³/mol. The van der Waals surface area contributed by atoms with Crippen LogP contribution in [0.5, 0.6) is 11.5 Å². The lowest BCUT2D eigenvalue weighted by Crippen LogP contribution is -2.06. The van der Waals surface area contributed by atoms with E-state index in [1.165, 1.54) is 0 Å². The molecule has 1 heterocycles. The smallest absolute Gasteiger partial charge is 0.306 e. The zero-order chi connectivity index (χ0) is 16.7. The van der Waals surface area contributed by atoms with Crippen LogP contribution in [0.3, 0.4) is 0 Å². The Kier molecular flexibility index (Phi) is 6.23. The number of methoxy groups -OCH3 is 2. The molecule has 2 rings (SSSR count). The molecular formula is C17H18ClNO4. The monoisotopic (exact) mass is 335 g/mol. The first-order valence-electron chi connectivity index (χ1n) is 7.08. The fraction of sp³-hybridized carbons (Fsp3) is 0.294. The van der Waals surface area contributed by atoms with Crippen molar-refractivity contribution in [2.45, 2.75) is 19.4 Å². The number of carbonyl (C=O) groups is 1. The highest BCUT2D eigenvalue weighted by Gasteiger charge is 2.07. The minimum absolute atomic E-state index is 0.185. The molecule has 0 spiro atoms. The third-order valence-corrected chi connectivity index (χ3v) is 3.44. The maximum atomic E-state index is 11.8. The number of halogens is 1. The first-order chi connectivity index (χ1) is 11.1. The van der Waals surface area contributed by atoms with Gasteiger partial charge >= 0.3 is 5.97 Å². The maximum absolute atomic E-state index is 11.8. The molecule has 0 N–H and O–H groups in total. The van der Waals surface area contributed by atoms with Crippen LogP contribution in [0, 0.1) is 0 Å². The van der Waals surface area contributed by atoms with Gasteiger partial charge in [0.1, 0.15) is 23.3 Å². The molecule has 5 nitrogen and oxygen atoms in total. The average molecular weight is 336 g/mol. The third-order valence-electron chi connectivity index (χ3n) is 3.22. The van der Waals surface area contributed by atoms with Gasteiger partial charge in [0.25, 0.3) is 0 Å². The molecular weight excluding hydrogens is 318 g/mol. The van der Waals surface area contributed by atoms with Crippen LogP contribution in [-0.4, -0.2) is 25.2 Å². The first kappa shape index (κ1) is 17.1. The van der Waals surface area contributed by atoms with Crippen LogP contribution in [0.1, 0.15) is 17.5 Å². The topological polar surface area (TPSA) is 57.7 Å². The molecule has 0 radical (unpaired) electrons. The predicted octanol–water partition coefficient (Wildman–Crippen LogP) is 3.43. The van der Waals surface area contributed by atoms with E-state index in [0.29, 0.717) is 23.1 Å². The summed E-state index contributed by atoms with van der Waals surface area (Å²) in [6.07, 6.45) is 2.41. The Morgan fingerprint density at radius 3 is 2.35 bits per heavy atom. The Balaban J connectivity index is 1.85. The molecule has 0 saturated carbocycles. The Morgan fingerprint density at radius 1 is 1.09 bits per heavy atom. The number of aryl methyl sites for hydroxylation is 1. The number of aromatic nitrogens is 1. The lowest BCUT2D eigenvalue weighted by atomic mass is 10.1.